The van der Waals surface area contributed by atoms with Gasteiger partial charge in [-0.05, 0) is 39.0 Å². The first-order valence-corrected chi connectivity index (χ1v) is 11.5. The van der Waals surface area contributed by atoms with Crippen LogP contribution >= 0.6 is 11.8 Å². The van der Waals surface area contributed by atoms with Crippen LogP contribution in [0.1, 0.15) is 43.0 Å². The van der Waals surface area contributed by atoms with Crippen molar-refractivity contribution in [1.29, 1.82) is 0 Å². The predicted molar refractivity (Wildman–Crippen MR) is 125 cm³/mol. The molecule has 8 nitrogen and oxygen atoms in total. The fraction of sp³-hybridized carbons (Fsp3) is 0.304. The maximum atomic E-state index is 13.9. The molecular weight excluding hydrogens is 443 g/mol. The predicted octanol–water partition coefficient (Wildman–Crippen LogP) is 3.53. The Balaban J connectivity index is 1.50. The highest BCUT2D eigenvalue weighted by molar-refractivity contribution is 8.00. The van der Waals surface area contributed by atoms with E-state index in [4.69, 9.17) is 0 Å². The monoisotopic (exact) mass is 466 g/mol. The summed E-state index contributed by atoms with van der Waals surface area (Å²) in [7, 11) is 0. The number of nitrogens with one attached hydrogen (secondary N) is 1. The van der Waals surface area contributed by atoms with Crippen molar-refractivity contribution in [1.82, 2.24) is 20.1 Å². The Morgan fingerprint density at radius 1 is 1.21 bits per heavy atom. The maximum absolute atomic E-state index is 13.9. The number of aromatic nitrogens is 3. The Labute approximate surface area is 194 Å². The summed E-state index contributed by atoms with van der Waals surface area (Å²) in [6.45, 7) is 6.18. The van der Waals surface area contributed by atoms with Crippen LogP contribution in [0.3, 0.4) is 0 Å². The summed E-state index contributed by atoms with van der Waals surface area (Å²) in [5.74, 6) is -0.774. The molecule has 2 aromatic rings. The minimum absolute atomic E-state index is 0.0286. The number of amidine groups is 1. The summed E-state index contributed by atoms with van der Waals surface area (Å²) in [6.07, 6.45) is 7.27. The number of rotatable bonds is 7. The first kappa shape index (κ1) is 22.8. The van der Waals surface area contributed by atoms with Crippen molar-refractivity contribution in [3.05, 3.63) is 65.8 Å². The highest BCUT2D eigenvalue weighted by Crippen LogP contribution is 2.28. The number of fused-ring (bicyclic) bond motifs is 1. The smallest absolute Gasteiger partial charge is 0.260 e. The lowest BCUT2D eigenvalue weighted by Gasteiger charge is -2.20. The third kappa shape index (κ3) is 4.70. The topological polar surface area (TPSA) is 102 Å². The molecule has 0 radical (unpaired) electrons. The zero-order chi connectivity index (χ0) is 23.5. The minimum atomic E-state index is -0.584. The average Bonchev–Trinajstić information content (AvgIpc) is 3.21. The van der Waals surface area contributed by atoms with Gasteiger partial charge in [0.15, 0.2) is 11.0 Å². The maximum Gasteiger partial charge on any atom is 0.260 e. The Kier molecular flexibility index (Phi) is 6.64. The van der Waals surface area contributed by atoms with Crippen molar-refractivity contribution in [3.8, 4) is 0 Å². The van der Waals surface area contributed by atoms with Crippen LogP contribution in [0, 0.1) is 11.7 Å². The van der Waals surface area contributed by atoms with Gasteiger partial charge in [-0.2, -0.15) is 4.99 Å². The lowest BCUT2D eigenvalue weighted by Crippen LogP contribution is -2.30. The van der Waals surface area contributed by atoms with Crippen molar-refractivity contribution in [2.75, 3.05) is 0 Å². The molecule has 0 spiro atoms. The molecule has 2 amide bonds. The zero-order valence-electron chi connectivity index (χ0n) is 18.4. The third-order valence-electron chi connectivity index (χ3n) is 5.30. The van der Waals surface area contributed by atoms with Gasteiger partial charge in [0.2, 0.25) is 0 Å². The molecule has 10 heteroatoms. The number of amides is 2. The summed E-state index contributed by atoms with van der Waals surface area (Å²) in [5, 5.41) is 11.7. The molecule has 0 saturated carbocycles. The average molecular weight is 467 g/mol. The number of aliphatic imine (C=N–C) groups is 2. The van der Waals surface area contributed by atoms with E-state index in [1.54, 1.807) is 19.1 Å². The van der Waals surface area contributed by atoms with Gasteiger partial charge in [0, 0.05) is 6.54 Å². The van der Waals surface area contributed by atoms with Crippen LogP contribution in [0.4, 0.5) is 4.39 Å². The van der Waals surface area contributed by atoms with Gasteiger partial charge in [0.25, 0.3) is 11.8 Å². The van der Waals surface area contributed by atoms with Crippen molar-refractivity contribution in [2.24, 2.45) is 15.9 Å². The van der Waals surface area contributed by atoms with Gasteiger partial charge in [-0.25, -0.2) is 9.38 Å². The Morgan fingerprint density at radius 3 is 2.76 bits per heavy atom. The summed E-state index contributed by atoms with van der Waals surface area (Å²) in [5.41, 5.74) is 0.654. The van der Waals surface area contributed by atoms with Gasteiger partial charge in [-0.1, -0.05) is 42.1 Å². The largest absolute Gasteiger partial charge is 0.342 e. The molecule has 3 atom stereocenters. The number of halogens is 1. The van der Waals surface area contributed by atoms with Gasteiger partial charge in [0.05, 0.1) is 22.6 Å². The highest BCUT2D eigenvalue weighted by Gasteiger charge is 2.29. The van der Waals surface area contributed by atoms with E-state index in [9.17, 15) is 14.0 Å². The minimum Gasteiger partial charge on any atom is -0.342 e. The van der Waals surface area contributed by atoms with E-state index in [-0.39, 0.29) is 16.7 Å². The number of benzene rings is 1. The first-order valence-electron chi connectivity index (χ1n) is 10.6. The van der Waals surface area contributed by atoms with Crippen LogP contribution in [0.25, 0.3) is 0 Å². The number of carbonyl (C=O) groups excluding carboxylic acids is 2. The van der Waals surface area contributed by atoms with Crippen molar-refractivity contribution in [2.45, 2.75) is 43.8 Å². The Bertz CT molecular complexity index is 1220. The van der Waals surface area contributed by atoms with Crippen LogP contribution in [-0.4, -0.2) is 43.4 Å². The normalized spacial score (nSPS) is 18.9. The number of nitrogens with zero attached hydrogens (tertiary/aromatic N) is 5. The van der Waals surface area contributed by atoms with Gasteiger partial charge in [-0.3, -0.25) is 9.59 Å². The molecule has 0 fully saturated rings. The molecule has 33 heavy (non-hydrogen) atoms. The molecule has 170 valence electrons. The van der Waals surface area contributed by atoms with Crippen LogP contribution in [-0.2, 0) is 11.3 Å². The van der Waals surface area contributed by atoms with Crippen LogP contribution in [0.2, 0.25) is 0 Å². The number of carbonyl (C=O) groups is 2. The van der Waals surface area contributed by atoms with Crippen molar-refractivity contribution < 1.29 is 14.0 Å². The number of allylic oxidation sites excluding steroid dienone is 3. The lowest BCUT2D eigenvalue weighted by atomic mass is 9.96. The summed E-state index contributed by atoms with van der Waals surface area (Å²) in [4.78, 5) is 33.6. The fourth-order valence-electron chi connectivity index (χ4n) is 3.57. The van der Waals surface area contributed by atoms with E-state index in [1.165, 1.54) is 30.0 Å². The molecule has 3 unspecified atom stereocenters. The quantitative estimate of drug-likeness (QED) is 0.629. The third-order valence-corrected chi connectivity index (χ3v) is 6.37. The van der Waals surface area contributed by atoms with E-state index in [1.807, 2.05) is 36.6 Å². The lowest BCUT2D eigenvalue weighted by molar-refractivity contribution is -0.118. The van der Waals surface area contributed by atoms with Gasteiger partial charge >= 0.3 is 0 Å². The van der Waals surface area contributed by atoms with Gasteiger partial charge in [-0.15, -0.1) is 10.2 Å². The van der Waals surface area contributed by atoms with E-state index in [2.05, 4.69) is 25.5 Å². The number of hydrogen-bond acceptors (Lipinski definition) is 6. The zero-order valence-corrected chi connectivity index (χ0v) is 19.2. The van der Waals surface area contributed by atoms with E-state index in [0.717, 1.165) is 0 Å². The van der Waals surface area contributed by atoms with Crippen LogP contribution in [0.15, 0.2) is 63.7 Å². The van der Waals surface area contributed by atoms with Crippen LogP contribution < -0.4 is 5.32 Å². The van der Waals surface area contributed by atoms with Crippen molar-refractivity contribution >= 4 is 35.1 Å². The molecule has 1 aliphatic heterocycles. The Hall–Kier alpha value is -3.40. The number of thioether (sulfide) groups is 1. The highest BCUT2D eigenvalue weighted by atomic mass is 32.2. The molecule has 0 bridgehead atoms. The molecular formula is C23H23FN6O2S. The molecule has 1 aromatic heterocycles. The second-order valence-electron chi connectivity index (χ2n) is 7.59. The van der Waals surface area contributed by atoms with E-state index >= 15 is 0 Å². The van der Waals surface area contributed by atoms with Crippen LogP contribution in [0.5, 0.6) is 0 Å². The molecule has 0 saturated heterocycles. The van der Waals surface area contributed by atoms with Gasteiger partial charge in [0.1, 0.15) is 17.6 Å². The molecule has 4 rings (SSSR count). The van der Waals surface area contributed by atoms with E-state index < -0.39 is 23.7 Å². The molecule has 2 heterocycles. The second-order valence-corrected chi connectivity index (χ2v) is 8.89. The Morgan fingerprint density at radius 2 is 2.00 bits per heavy atom. The molecule has 2 aliphatic rings. The SMILES string of the molecule is CCn1c(SC(C)C2=NC(=O)C3C=CC=CC3=N2)nnc1C(C)NC(=O)c1ccccc1F. The molecule has 1 aromatic carbocycles. The van der Waals surface area contributed by atoms with Gasteiger partial charge < -0.3 is 9.88 Å². The second kappa shape index (κ2) is 9.62. The summed E-state index contributed by atoms with van der Waals surface area (Å²) in [6, 6.07) is 5.32. The molecule has 1 aliphatic carbocycles. The summed E-state index contributed by atoms with van der Waals surface area (Å²) < 4.78 is 15.8. The van der Waals surface area contributed by atoms with Crippen molar-refractivity contribution in [3.63, 3.8) is 0 Å². The summed E-state index contributed by atoms with van der Waals surface area (Å²) >= 11 is 1.38. The first-order chi connectivity index (χ1) is 15.9. The van der Waals surface area contributed by atoms with E-state index in [0.29, 0.717) is 29.1 Å². The fourth-order valence-corrected chi connectivity index (χ4v) is 4.53. The number of hydrogen-bond donors (Lipinski definition) is 1. The molecule has 1 N–H and O–H groups in total. The standard InChI is InChI=1S/C23H23FN6O2S/c1-4-30-20(13(2)25-21(31)15-9-5-7-11-17(15)24)28-29-23(30)33-14(3)19-26-18-12-8-6-10-16(18)22(32)27-19/h5-14,16H,4H2,1-3H3,(H,25,31).